The molecule has 37 heavy (non-hydrogen) atoms. The lowest BCUT2D eigenvalue weighted by Gasteiger charge is -2.41. The number of carbonyl (C=O) groups is 2. The summed E-state index contributed by atoms with van der Waals surface area (Å²) in [5, 5.41) is 3.83. The van der Waals surface area contributed by atoms with E-state index in [1.807, 2.05) is 25.1 Å². The quantitative estimate of drug-likeness (QED) is 0.487. The highest BCUT2D eigenvalue weighted by atomic mass is 32.2. The van der Waals surface area contributed by atoms with E-state index in [-0.39, 0.29) is 22.9 Å². The summed E-state index contributed by atoms with van der Waals surface area (Å²) >= 11 is 0. The largest absolute Gasteiger partial charge is 0.446 e. The second kappa shape index (κ2) is 10.0. The van der Waals surface area contributed by atoms with Gasteiger partial charge in [0, 0.05) is 19.7 Å². The predicted molar refractivity (Wildman–Crippen MR) is 140 cm³/mol. The average molecular weight is 523 g/mol. The van der Waals surface area contributed by atoms with E-state index in [2.05, 4.69) is 5.10 Å². The lowest BCUT2D eigenvalue weighted by Crippen LogP contribution is -2.52. The fourth-order valence-electron chi connectivity index (χ4n) is 5.17. The molecule has 0 bridgehead atoms. The van der Waals surface area contributed by atoms with Crippen LogP contribution in [0.3, 0.4) is 0 Å². The molecule has 9 nitrogen and oxygen atoms in total. The van der Waals surface area contributed by atoms with Crippen LogP contribution in [-0.2, 0) is 19.6 Å². The molecule has 1 aromatic heterocycles. The summed E-state index contributed by atoms with van der Waals surface area (Å²) in [5.74, 6) is -0.102. The lowest BCUT2D eigenvalue weighted by atomic mass is 9.98. The highest BCUT2D eigenvalue weighted by Crippen LogP contribution is 2.39. The molecule has 194 valence electrons. The number of fused-ring (bicyclic) bond motifs is 1. The summed E-state index contributed by atoms with van der Waals surface area (Å²) in [4.78, 5) is 29.2. The van der Waals surface area contributed by atoms with Crippen LogP contribution >= 0.6 is 0 Å². The second-order valence-electron chi connectivity index (χ2n) is 9.60. The number of nitrogens with zero attached hydrogens (tertiary/aromatic N) is 4. The Balaban J connectivity index is 1.48. The number of ether oxygens (including phenoxy) is 1. The van der Waals surface area contributed by atoms with Gasteiger partial charge >= 0.3 is 6.09 Å². The standard InChI is InChI=1S/C27H30N4O5S/c1-19-18-29(27(33)36-23-7-4-3-5-8-23)26-17-22(11-14-25(26)31(19)20(2)32)21-9-12-24(13-10-21)37(34,35)30-16-6-15-28-30/h6,9-17,19,23H,3-5,7-8,18H2,1-2H3/t19-/m0/s1. The van der Waals surface area contributed by atoms with Gasteiger partial charge in [-0.3, -0.25) is 9.69 Å². The third kappa shape index (κ3) is 4.85. The van der Waals surface area contributed by atoms with Crippen LogP contribution in [0.1, 0.15) is 46.0 Å². The number of rotatable bonds is 4. The smallest absolute Gasteiger partial charge is 0.414 e. The Morgan fingerprint density at radius 1 is 0.973 bits per heavy atom. The number of hydrogen-bond acceptors (Lipinski definition) is 6. The average Bonchev–Trinajstić information content (AvgIpc) is 3.44. The predicted octanol–water partition coefficient (Wildman–Crippen LogP) is 4.82. The minimum atomic E-state index is -3.77. The van der Waals surface area contributed by atoms with E-state index >= 15 is 0 Å². The van der Waals surface area contributed by atoms with Gasteiger partial charge in [-0.15, -0.1) is 0 Å². The van der Waals surface area contributed by atoms with Crippen LogP contribution in [0.4, 0.5) is 16.2 Å². The molecular formula is C27H30N4O5S. The van der Waals surface area contributed by atoms with E-state index in [1.165, 1.54) is 31.5 Å². The molecule has 2 aromatic carbocycles. The monoisotopic (exact) mass is 522 g/mol. The Hall–Kier alpha value is -3.66. The van der Waals surface area contributed by atoms with Crippen molar-refractivity contribution in [3.8, 4) is 11.1 Å². The van der Waals surface area contributed by atoms with Crippen molar-refractivity contribution in [1.82, 2.24) is 9.19 Å². The summed E-state index contributed by atoms with van der Waals surface area (Å²) in [5.41, 5.74) is 2.81. The van der Waals surface area contributed by atoms with Gasteiger partial charge in [-0.05, 0) is 74.1 Å². The molecule has 1 aliphatic carbocycles. The zero-order valence-corrected chi connectivity index (χ0v) is 21.7. The van der Waals surface area contributed by atoms with Gasteiger partial charge < -0.3 is 9.64 Å². The highest BCUT2D eigenvalue weighted by molar-refractivity contribution is 7.89. The van der Waals surface area contributed by atoms with Gasteiger partial charge in [0.1, 0.15) is 6.10 Å². The normalized spacial score (nSPS) is 18.4. The van der Waals surface area contributed by atoms with Crippen molar-refractivity contribution in [3.63, 3.8) is 0 Å². The van der Waals surface area contributed by atoms with Crippen molar-refractivity contribution >= 4 is 33.4 Å². The topological polar surface area (TPSA) is 102 Å². The molecule has 0 unspecified atom stereocenters. The molecule has 1 saturated carbocycles. The van der Waals surface area contributed by atoms with E-state index in [9.17, 15) is 18.0 Å². The molecule has 5 rings (SSSR count). The molecule has 1 aliphatic heterocycles. The molecule has 2 amide bonds. The van der Waals surface area contributed by atoms with Crippen LogP contribution in [0.25, 0.3) is 11.1 Å². The van der Waals surface area contributed by atoms with E-state index in [1.54, 1.807) is 28.0 Å². The summed E-state index contributed by atoms with van der Waals surface area (Å²) in [6.07, 6.45) is 7.32. The van der Waals surface area contributed by atoms with Gasteiger partial charge in [0.2, 0.25) is 5.91 Å². The van der Waals surface area contributed by atoms with Gasteiger partial charge in [0.25, 0.3) is 10.0 Å². The Kier molecular flexibility index (Phi) is 6.76. The van der Waals surface area contributed by atoms with Crippen LogP contribution in [0, 0.1) is 0 Å². The molecular weight excluding hydrogens is 492 g/mol. The van der Waals surface area contributed by atoms with Crippen molar-refractivity contribution in [1.29, 1.82) is 0 Å². The maximum absolute atomic E-state index is 13.3. The first-order chi connectivity index (χ1) is 17.8. The van der Waals surface area contributed by atoms with Gasteiger partial charge in [-0.25, -0.2) is 4.79 Å². The van der Waals surface area contributed by atoms with Crippen molar-refractivity contribution in [3.05, 3.63) is 60.9 Å². The number of amides is 2. The zero-order valence-electron chi connectivity index (χ0n) is 20.9. The summed E-state index contributed by atoms with van der Waals surface area (Å²) in [6, 6.07) is 13.4. The number of aromatic nitrogens is 2. The molecule has 1 atom stereocenters. The Morgan fingerprint density at radius 2 is 1.68 bits per heavy atom. The van der Waals surface area contributed by atoms with Gasteiger partial charge in [0.05, 0.1) is 28.5 Å². The fourth-order valence-corrected chi connectivity index (χ4v) is 6.28. The van der Waals surface area contributed by atoms with Crippen molar-refractivity contribution in [2.75, 3.05) is 16.3 Å². The molecule has 0 N–H and O–H groups in total. The molecule has 0 radical (unpaired) electrons. The van der Waals surface area contributed by atoms with Crippen molar-refractivity contribution < 1.29 is 22.7 Å². The van der Waals surface area contributed by atoms with E-state index in [0.29, 0.717) is 17.9 Å². The molecule has 10 heteroatoms. The van der Waals surface area contributed by atoms with E-state index in [0.717, 1.165) is 47.3 Å². The molecule has 2 aliphatic rings. The lowest BCUT2D eigenvalue weighted by molar-refractivity contribution is -0.117. The molecule has 1 fully saturated rings. The Labute approximate surface area is 216 Å². The second-order valence-corrected chi connectivity index (χ2v) is 11.4. The Morgan fingerprint density at radius 3 is 2.32 bits per heavy atom. The zero-order chi connectivity index (χ0) is 26.2. The van der Waals surface area contributed by atoms with Crippen LogP contribution in [0.5, 0.6) is 0 Å². The van der Waals surface area contributed by atoms with Gasteiger partial charge in [-0.1, -0.05) is 24.6 Å². The SMILES string of the molecule is CC(=O)N1c2ccc(-c3ccc(S(=O)(=O)n4cccn4)cc3)cc2N(C(=O)OC2CCCCC2)C[C@@H]1C. The number of anilines is 2. The summed E-state index contributed by atoms with van der Waals surface area (Å²) in [7, 11) is -3.77. The van der Waals surface area contributed by atoms with Gasteiger partial charge in [0.15, 0.2) is 0 Å². The summed E-state index contributed by atoms with van der Waals surface area (Å²) in [6.45, 7) is 3.75. The van der Waals surface area contributed by atoms with Crippen molar-refractivity contribution in [2.24, 2.45) is 0 Å². The minimum absolute atomic E-state index is 0.0849. The first-order valence-electron chi connectivity index (χ1n) is 12.5. The number of carbonyl (C=O) groups excluding carboxylic acids is 2. The van der Waals surface area contributed by atoms with Crippen molar-refractivity contribution in [2.45, 2.75) is 63.0 Å². The van der Waals surface area contributed by atoms with Crippen LogP contribution < -0.4 is 9.80 Å². The van der Waals surface area contributed by atoms with E-state index in [4.69, 9.17) is 4.74 Å². The third-order valence-electron chi connectivity index (χ3n) is 7.00. The Bertz CT molecular complexity index is 1400. The molecule has 2 heterocycles. The third-order valence-corrected chi connectivity index (χ3v) is 8.58. The first kappa shape index (κ1) is 25.0. The van der Waals surface area contributed by atoms with Crippen LogP contribution in [0.2, 0.25) is 0 Å². The van der Waals surface area contributed by atoms with Crippen LogP contribution in [-0.4, -0.2) is 48.3 Å². The maximum Gasteiger partial charge on any atom is 0.414 e. The maximum atomic E-state index is 13.3. The fraction of sp³-hybridized carbons (Fsp3) is 0.370. The minimum Gasteiger partial charge on any atom is -0.446 e. The first-order valence-corrected chi connectivity index (χ1v) is 14.0. The summed E-state index contributed by atoms with van der Waals surface area (Å²) < 4.78 is 32.3. The number of hydrogen-bond donors (Lipinski definition) is 0. The number of benzene rings is 2. The highest BCUT2D eigenvalue weighted by Gasteiger charge is 2.35. The van der Waals surface area contributed by atoms with Gasteiger partial charge in [-0.2, -0.15) is 17.6 Å². The molecule has 0 saturated heterocycles. The molecule has 0 spiro atoms. The molecule has 3 aromatic rings. The van der Waals surface area contributed by atoms with Crippen LogP contribution in [0.15, 0.2) is 65.8 Å². The van der Waals surface area contributed by atoms with E-state index < -0.39 is 16.1 Å².